The van der Waals surface area contributed by atoms with Crippen LogP contribution in [0.1, 0.15) is 63.1 Å². The van der Waals surface area contributed by atoms with Crippen LogP contribution in [0, 0.1) is 0 Å². The number of hydrogen-bond acceptors (Lipinski definition) is 4. The summed E-state index contributed by atoms with van der Waals surface area (Å²) in [5, 5.41) is 12.5. The molecule has 2 aliphatic rings. The Balaban J connectivity index is 1.69. The van der Waals surface area contributed by atoms with Gasteiger partial charge in [0.25, 0.3) is 0 Å². The summed E-state index contributed by atoms with van der Waals surface area (Å²) in [5.41, 5.74) is 5.98. The van der Waals surface area contributed by atoms with Gasteiger partial charge in [0, 0.05) is 25.0 Å². The molecule has 1 aromatic rings. The molecule has 1 fully saturated rings. The minimum Gasteiger partial charge on any atom is -0.328 e. The van der Waals surface area contributed by atoms with Crippen molar-refractivity contribution >= 4 is 0 Å². The van der Waals surface area contributed by atoms with Crippen LogP contribution in [-0.4, -0.2) is 26.8 Å². The first-order chi connectivity index (χ1) is 9.24. The Bertz CT molecular complexity index is 427. The summed E-state index contributed by atoms with van der Waals surface area (Å²) in [4.78, 5) is 0. The Kier molecular flexibility index (Phi) is 3.84. The molecule has 19 heavy (non-hydrogen) atoms. The van der Waals surface area contributed by atoms with E-state index in [0.717, 1.165) is 31.6 Å². The first-order valence-electron chi connectivity index (χ1n) is 7.67. The number of nitrogens with zero attached hydrogens (tertiary/aromatic N) is 3. The number of rotatable bonds is 3. The van der Waals surface area contributed by atoms with E-state index in [1.54, 1.807) is 0 Å². The molecule has 3 rings (SSSR count). The van der Waals surface area contributed by atoms with E-state index in [-0.39, 0.29) is 6.04 Å². The first kappa shape index (κ1) is 13.1. The number of fused-ring (bicyclic) bond motifs is 1. The zero-order valence-corrected chi connectivity index (χ0v) is 11.8. The van der Waals surface area contributed by atoms with Gasteiger partial charge >= 0.3 is 0 Å². The van der Waals surface area contributed by atoms with Crippen molar-refractivity contribution in [3.8, 4) is 0 Å². The molecule has 0 aromatic carbocycles. The predicted octanol–water partition coefficient (Wildman–Crippen LogP) is 1.53. The standard InChI is InChI=1S/C14H25N5/c1-10(16-12-7-6-11(15)9-12)14-18-17-13-5-3-2-4-8-19(13)14/h10-12,16H,2-9,15H2,1H3. The fourth-order valence-electron chi connectivity index (χ4n) is 3.42. The van der Waals surface area contributed by atoms with E-state index in [1.165, 1.54) is 31.5 Å². The fourth-order valence-corrected chi connectivity index (χ4v) is 3.42. The number of nitrogens with one attached hydrogen (secondary N) is 1. The highest BCUT2D eigenvalue weighted by Crippen LogP contribution is 2.23. The molecular weight excluding hydrogens is 238 g/mol. The number of aromatic nitrogens is 3. The van der Waals surface area contributed by atoms with Gasteiger partial charge < -0.3 is 15.6 Å². The highest BCUT2D eigenvalue weighted by atomic mass is 15.3. The minimum absolute atomic E-state index is 0.273. The lowest BCUT2D eigenvalue weighted by molar-refractivity contribution is 0.427. The van der Waals surface area contributed by atoms with Crippen LogP contribution in [0.2, 0.25) is 0 Å². The Morgan fingerprint density at radius 3 is 2.95 bits per heavy atom. The molecule has 5 nitrogen and oxygen atoms in total. The van der Waals surface area contributed by atoms with Crippen LogP contribution >= 0.6 is 0 Å². The largest absolute Gasteiger partial charge is 0.328 e. The highest BCUT2D eigenvalue weighted by Gasteiger charge is 2.25. The maximum Gasteiger partial charge on any atom is 0.149 e. The van der Waals surface area contributed by atoms with Gasteiger partial charge in [-0.2, -0.15) is 0 Å². The molecule has 106 valence electrons. The molecule has 0 saturated heterocycles. The molecule has 1 aromatic heterocycles. The summed E-state index contributed by atoms with van der Waals surface area (Å²) >= 11 is 0. The van der Waals surface area contributed by atoms with Gasteiger partial charge in [-0.3, -0.25) is 0 Å². The molecule has 0 amide bonds. The predicted molar refractivity (Wildman–Crippen MR) is 74.7 cm³/mol. The second kappa shape index (κ2) is 5.59. The Labute approximate surface area is 115 Å². The van der Waals surface area contributed by atoms with Gasteiger partial charge in [0.15, 0.2) is 0 Å². The first-order valence-corrected chi connectivity index (χ1v) is 7.67. The van der Waals surface area contributed by atoms with Crippen LogP contribution in [0.5, 0.6) is 0 Å². The van der Waals surface area contributed by atoms with Crippen LogP contribution in [-0.2, 0) is 13.0 Å². The third-order valence-electron chi connectivity index (χ3n) is 4.48. The van der Waals surface area contributed by atoms with Crippen molar-refractivity contribution in [3.63, 3.8) is 0 Å². The summed E-state index contributed by atoms with van der Waals surface area (Å²) in [7, 11) is 0. The topological polar surface area (TPSA) is 68.8 Å². The third kappa shape index (κ3) is 2.82. The molecule has 1 saturated carbocycles. The normalized spacial score (nSPS) is 28.9. The fraction of sp³-hybridized carbons (Fsp3) is 0.857. The van der Waals surface area contributed by atoms with Crippen molar-refractivity contribution in [3.05, 3.63) is 11.6 Å². The molecule has 0 bridgehead atoms. The molecule has 3 atom stereocenters. The van der Waals surface area contributed by atoms with Gasteiger partial charge in [-0.1, -0.05) is 6.42 Å². The summed E-state index contributed by atoms with van der Waals surface area (Å²) in [6, 6.07) is 1.19. The molecule has 3 N–H and O–H groups in total. The van der Waals surface area contributed by atoms with E-state index in [2.05, 4.69) is 27.0 Å². The van der Waals surface area contributed by atoms with Crippen molar-refractivity contribution in [2.75, 3.05) is 0 Å². The van der Waals surface area contributed by atoms with Crippen LogP contribution in [0.15, 0.2) is 0 Å². The Morgan fingerprint density at radius 2 is 2.16 bits per heavy atom. The van der Waals surface area contributed by atoms with Gasteiger partial charge in [0.1, 0.15) is 11.6 Å². The van der Waals surface area contributed by atoms with E-state index >= 15 is 0 Å². The van der Waals surface area contributed by atoms with Crippen LogP contribution in [0.25, 0.3) is 0 Å². The summed E-state index contributed by atoms with van der Waals surface area (Å²) < 4.78 is 2.33. The van der Waals surface area contributed by atoms with Crippen molar-refractivity contribution in [2.45, 2.75) is 76.5 Å². The third-order valence-corrected chi connectivity index (χ3v) is 4.48. The Hall–Kier alpha value is -0.940. The monoisotopic (exact) mass is 263 g/mol. The van der Waals surface area contributed by atoms with Crippen LogP contribution in [0.4, 0.5) is 0 Å². The van der Waals surface area contributed by atoms with E-state index in [0.29, 0.717) is 12.1 Å². The molecule has 0 radical (unpaired) electrons. The number of hydrogen-bond donors (Lipinski definition) is 2. The lowest BCUT2D eigenvalue weighted by atomic mass is 10.2. The van der Waals surface area contributed by atoms with Crippen LogP contribution < -0.4 is 11.1 Å². The second-order valence-electron chi connectivity index (χ2n) is 6.10. The molecule has 1 aliphatic carbocycles. The smallest absolute Gasteiger partial charge is 0.149 e. The van der Waals surface area contributed by atoms with Gasteiger partial charge in [0.05, 0.1) is 6.04 Å². The van der Waals surface area contributed by atoms with Gasteiger partial charge in [-0.05, 0) is 39.0 Å². The zero-order valence-electron chi connectivity index (χ0n) is 11.8. The van der Waals surface area contributed by atoms with Crippen LogP contribution in [0.3, 0.4) is 0 Å². The highest BCUT2D eigenvalue weighted by molar-refractivity contribution is 5.03. The lowest BCUT2D eigenvalue weighted by Crippen LogP contribution is -2.32. The molecule has 5 heteroatoms. The van der Waals surface area contributed by atoms with Crippen molar-refractivity contribution in [2.24, 2.45) is 5.73 Å². The molecule has 0 spiro atoms. The second-order valence-corrected chi connectivity index (χ2v) is 6.10. The molecule has 3 unspecified atom stereocenters. The maximum absolute atomic E-state index is 5.98. The summed E-state index contributed by atoms with van der Waals surface area (Å²) in [6.45, 7) is 3.28. The minimum atomic E-state index is 0.273. The lowest BCUT2D eigenvalue weighted by Gasteiger charge is -2.19. The maximum atomic E-state index is 5.98. The molecule has 1 aliphatic heterocycles. The van der Waals surface area contributed by atoms with E-state index in [1.807, 2.05) is 0 Å². The molecular formula is C14H25N5. The van der Waals surface area contributed by atoms with Crippen molar-refractivity contribution < 1.29 is 0 Å². The average Bonchev–Trinajstić information content (AvgIpc) is 2.90. The van der Waals surface area contributed by atoms with Gasteiger partial charge in [0.2, 0.25) is 0 Å². The van der Waals surface area contributed by atoms with E-state index in [4.69, 9.17) is 5.73 Å². The van der Waals surface area contributed by atoms with Crippen molar-refractivity contribution in [1.82, 2.24) is 20.1 Å². The SMILES string of the molecule is CC(NC1CCC(N)C1)c1nnc2n1CCCCC2. The van der Waals surface area contributed by atoms with Gasteiger partial charge in [-0.15, -0.1) is 10.2 Å². The Morgan fingerprint density at radius 1 is 1.26 bits per heavy atom. The van der Waals surface area contributed by atoms with E-state index < -0.39 is 0 Å². The summed E-state index contributed by atoms with van der Waals surface area (Å²) in [6.07, 6.45) is 8.30. The quantitative estimate of drug-likeness (QED) is 0.868. The average molecular weight is 263 g/mol. The van der Waals surface area contributed by atoms with E-state index in [9.17, 15) is 0 Å². The number of aryl methyl sites for hydroxylation is 1. The number of nitrogens with two attached hydrogens (primary N) is 1. The van der Waals surface area contributed by atoms with Gasteiger partial charge in [-0.25, -0.2) is 0 Å². The zero-order chi connectivity index (χ0) is 13.2. The van der Waals surface area contributed by atoms with Crippen molar-refractivity contribution in [1.29, 1.82) is 0 Å². The summed E-state index contributed by atoms with van der Waals surface area (Å²) in [5.74, 6) is 2.28. The molecule has 2 heterocycles.